The van der Waals surface area contributed by atoms with E-state index in [1.165, 1.54) is 22.8 Å². The normalized spacial score (nSPS) is 65.0. The van der Waals surface area contributed by atoms with Crippen molar-refractivity contribution in [2.24, 2.45) is 5.92 Å². The number of hydrogen-bond donors (Lipinski definition) is 0. The van der Waals surface area contributed by atoms with Crippen LogP contribution in [0, 0.1) is 5.92 Å². The van der Waals surface area contributed by atoms with Gasteiger partial charge in [-0.15, -0.1) is 0 Å². The van der Waals surface area contributed by atoms with Crippen LogP contribution in [-0.2, 0) is 0 Å². The summed E-state index contributed by atoms with van der Waals surface area (Å²) in [6.07, 6.45) is 4.68. The van der Waals surface area contributed by atoms with Gasteiger partial charge in [-0.1, -0.05) is 5.37 Å². The van der Waals surface area contributed by atoms with E-state index in [1.54, 1.807) is 12.8 Å². The van der Waals surface area contributed by atoms with Gasteiger partial charge in [-0.25, -0.2) is 0 Å². The molecule has 0 amide bonds. The summed E-state index contributed by atoms with van der Waals surface area (Å²) in [6.45, 7) is 0. The van der Waals surface area contributed by atoms with Crippen LogP contribution >= 0.6 is 10.5 Å². The predicted molar refractivity (Wildman–Crippen MR) is 38.6 cm³/mol. The summed E-state index contributed by atoms with van der Waals surface area (Å²) in [5.74, 6) is 1.17. The first-order chi connectivity index (χ1) is 3.95. The zero-order valence-corrected chi connectivity index (χ0v) is 5.66. The van der Waals surface area contributed by atoms with Gasteiger partial charge in [0.2, 0.25) is 0 Å². The smallest absolute Gasteiger partial charge is 0.00394 e. The zero-order valence-electron chi connectivity index (χ0n) is 4.84. The zero-order chi connectivity index (χ0) is 5.14. The highest BCUT2D eigenvalue weighted by molar-refractivity contribution is 8.17. The van der Waals surface area contributed by atoms with Gasteiger partial charge in [-0.05, 0) is 25.2 Å². The van der Waals surface area contributed by atoms with E-state index in [9.17, 15) is 0 Å². The molecule has 4 aliphatic rings. The fourth-order valence-electron chi connectivity index (χ4n) is 2.46. The van der Waals surface area contributed by atoms with Gasteiger partial charge in [-0.3, -0.25) is 0 Å². The summed E-state index contributed by atoms with van der Waals surface area (Å²) in [6, 6.07) is 0. The standard InChI is InChI=1S/C7H10S/c1-2-8-6-3-5(1)7(8)4-6/h2,5-7H,1,3-4H2. The van der Waals surface area contributed by atoms with Crippen LogP contribution in [-0.4, -0.2) is 15.9 Å². The third-order valence-corrected chi connectivity index (χ3v) is 5.92. The first-order valence-electron chi connectivity index (χ1n) is 3.49. The maximum atomic E-state index is 2.60. The monoisotopic (exact) mass is 126 g/mol. The van der Waals surface area contributed by atoms with Crippen molar-refractivity contribution in [2.45, 2.75) is 29.8 Å². The lowest BCUT2D eigenvalue weighted by Crippen LogP contribution is -2.16. The summed E-state index contributed by atoms with van der Waals surface area (Å²) in [5, 5.41) is 5.01. The van der Waals surface area contributed by atoms with E-state index in [0.717, 1.165) is 10.5 Å². The predicted octanol–water partition coefficient (Wildman–Crippen LogP) is 1.62. The summed E-state index contributed by atoms with van der Waals surface area (Å²) in [4.78, 5) is 0. The molecule has 8 heavy (non-hydrogen) atoms. The highest BCUT2D eigenvalue weighted by Crippen LogP contribution is 2.62. The Kier molecular flexibility index (Phi) is 0.544. The Morgan fingerprint density at radius 2 is 2.38 bits per heavy atom. The van der Waals surface area contributed by atoms with Gasteiger partial charge >= 0.3 is 0 Å². The molecule has 0 aromatic heterocycles. The minimum absolute atomic E-state index is 0.867. The Balaban J connectivity index is 2.20. The quantitative estimate of drug-likeness (QED) is 0.433. The topological polar surface area (TPSA) is 0 Å². The Morgan fingerprint density at radius 1 is 1.38 bits per heavy atom. The highest BCUT2D eigenvalue weighted by atomic mass is 32.2. The summed E-state index contributed by atoms with van der Waals surface area (Å²) in [5.41, 5.74) is 0. The summed E-state index contributed by atoms with van der Waals surface area (Å²) >= 11 is 0. The van der Waals surface area contributed by atoms with E-state index in [4.69, 9.17) is 0 Å². The van der Waals surface area contributed by atoms with Crippen molar-refractivity contribution in [1.29, 1.82) is 0 Å². The Labute approximate surface area is 52.2 Å². The van der Waals surface area contributed by atoms with Crippen molar-refractivity contribution in [3.63, 3.8) is 0 Å². The number of rotatable bonds is 0. The van der Waals surface area contributed by atoms with E-state index in [1.807, 2.05) is 0 Å². The van der Waals surface area contributed by atoms with Gasteiger partial charge in [0.1, 0.15) is 0 Å². The van der Waals surface area contributed by atoms with E-state index in [-0.39, 0.29) is 0 Å². The largest absolute Gasteiger partial charge is 0.183 e. The van der Waals surface area contributed by atoms with Crippen LogP contribution < -0.4 is 0 Å². The lowest BCUT2D eigenvalue weighted by molar-refractivity contribution is 0.615. The molecule has 44 valence electrons. The molecule has 0 aromatic rings. The molecule has 0 N–H and O–H groups in total. The fourth-order valence-corrected chi connectivity index (χ4v) is 5.61. The first-order valence-corrected chi connectivity index (χ1v) is 4.90. The third-order valence-electron chi connectivity index (χ3n) is 2.91. The second-order valence-corrected chi connectivity index (χ2v) is 5.62. The van der Waals surface area contributed by atoms with Crippen LogP contribution in [0.1, 0.15) is 19.3 Å². The molecule has 2 saturated heterocycles. The van der Waals surface area contributed by atoms with Crippen molar-refractivity contribution in [3.8, 4) is 0 Å². The maximum Gasteiger partial charge on any atom is 0.00394 e. The Morgan fingerprint density at radius 3 is 2.75 bits per heavy atom. The van der Waals surface area contributed by atoms with Gasteiger partial charge < -0.3 is 0 Å². The van der Waals surface area contributed by atoms with Gasteiger partial charge in [0.05, 0.1) is 0 Å². The molecule has 4 rings (SSSR count). The van der Waals surface area contributed by atoms with Crippen molar-refractivity contribution in [2.75, 3.05) is 0 Å². The first kappa shape index (κ1) is 4.10. The van der Waals surface area contributed by atoms with Gasteiger partial charge in [-0.2, -0.15) is 10.5 Å². The molecule has 1 aliphatic carbocycles. The van der Waals surface area contributed by atoms with Crippen molar-refractivity contribution in [3.05, 3.63) is 0 Å². The average molecular weight is 126 g/mol. The van der Waals surface area contributed by atoms with E-state index >= 15 is 0 Å². The lowest BCUT2D eigenvalue weighted by atomic mass is 10.1. The molecular weight excluding hydrogens is 116 g/mol. The van der Waals surface area contributed by atoms with Gasteiger partial charge in [0.15, 0.2) is 0 Å². The molecule has 1 saturated carbocycles. The lowest BCUT2D eigenvalue weighted by Gasteiger charge is -2.27. The van der Waals surface area contributed by atoms with Crippen LogP contribution in [0.2, 0.25) is 0 Å². The molecule has 4 unspecified atom stereocenters. The molecule has 0 radical (unpaired) electrons. The second-order valence-electron chi connectivity index (χ2n) is 3.20. The maximum absolute atomic E-state index is 2.60. The van der Waals surface area contributed by atoms with Gasteiger partial charge in [0.25, 0.3) is 0 Å². The summed E-state index contributed by atoms with van der Waals surface area (Å²) < 4.78 is 0. The molecule has 3 heterocycles. The Hall–Kier alpha value is 0.220. The highest BCUT2D eigenvalue weighted by Gasteiger charge is 2.50. The average Bonchev–Trinajstić information content (AvgIpc) is 2.25. The second kappa shape index (κ2) is 1.06. The van der Waals surface area contributed by atoms with Crippen LogP contribution in [0.4, 0.5) is 0 Å². The molecule has 4 atom stereocenters. The molecule has 0 spiro atoms. The van der Waals surface area contributed by atoms with Crippen molar-refractivity contribution < 1.29 is 0 Å². The molecule has 3 fully saturated rings. The van der Waals surface area contributed by atoms with Crippen LogP contribution in [0.5, 0.6) is 0 Å². The van der Waals surface area contributed by atoms with Gasteiger partial charge in [0, 0.05) is 10.5 Å². The van der Waals surface area contributed by atoms with E-state index in [2.05, 4.69) is 5.37 Å². The molecular formula is C7H10S. The SMILES string of the molecule is C1=S2C3CC(C1)C2C3. The van der Waals surface area contributed by atoms with Crippen molar-refractivity contribution in [1.82, 2.24) is 0 Å². The van der Waals surface area contributed by atoms with E-state index in [0.29, 0.717) is 0 Å². The third kappa shape index (κ3) is 0.266. The fraction of sp³-hybridized carbons (Fsp3) is 0.857. The number of hydrogen-bond acceptors (Lipinski definition) is 0. The minimum atomic E-state index is 0.867. The molecule has 1 heteroatoms. The van der Waals surface area contributed by atoms with Crippen molar-refractivity contribution >= 4 is 15.9 Å². The molecule has 0 nitrogen and oxygen atoms in total. The minimum Gasteiger partial charge on any atom is -0.183 e. The summed E-state index contributed by atoms with van der Waals surface area (Å²) in [7, 11) is 0.867. The van der Waals surface area contributed by atoms with Crippen LogP contribution in [0.3, 0.4) is 0 Å². The Bertz CT molecular complexity index is 171. The molecule has 3 aliphatic heterocycles. The molecule has 0 aromatic carbocycles. The van der Waals surface area contributed by atoms with E-state index < -0.39 is 0 Å². The van der Waals surface area contributed by atoms with Crippen LogP contribution in [0.25, 0.3) is 0 Å². The van der Waals surface area contributed by atoms with Crippen LogP contribution in [0.15, 0.2) is 0 Å². The molecule has 4 bridgehead atoms.